The number of aliphatic hydroxyl groups excluding tert-OH is 1. The SMILES string of the molecule is Nc1cc(C(F)(F)F)cc(NC2CCC(O)CC2)n1. The van der Waals surface area contributed by atoms with E-state index in [4.69, 9.17) is 5.73 Å². The van der Waals surface area contributed by atoms with Gasteiger partial charge in [-0.1, -0.05) is 0 Å². The molecule has 0 spiro atoms. The van der Waals surface area contributed by atoms with E-state index in [1.165, 1.54) is 0 Å². The maximum atomic E-state index is 12.6. The van der Waals surface area contributed by atoms with Crippen molar-refractivity contribution >= 4 is 11.6 Å². The summed E-state index contributed by atoms with van der Waals surface area (Å²) in [6.07, 6.45) is -2.04. The van der Waals surface area contributed by atoms with Crippen LogP contribution in [0.5, 0.6) is 0 Å². The molecule has 1 saturated carbocycles. The number of aliphatic hydroxyl groups is 1. The predicted molar refractivity (Wildman–Crippen MR) is 65.5 cm³/mol. The Morgan fingerprint density at radius 2 is 1.84 bits per heavy atom. The van der Waals surface area contributed by atoms with Crippen LogP contribution in [0.25, 0.3) is 0 Å². The molecule has 0 aromatic carbocycles. The van der Waals surface area contributed by atoms with Gasteiger partial charge in [0.15, 0.2) is 0 Å². The number of nitrogens with two attached hydrogens (primary N) is 1. The third kappa shape index (κ3) is 3.73. The van der Waals surface area contributed by atoms with Crippen LogP contribution in [-0.4, -0.2) is 22.2 Å². The van der Waals surface area contributed by atoms with Gasteiger partial charge in [-0.2, -0.15) is 13.2 Å². The minimum Gasteiger partial charge on any atom is -0.393 e. The molecule has 0 aliphatic heterocycles. The Labute approximate surface area is 108 Å². The van der Waals surface area contributed by atoms with E-state index in [2.05, 4.69) is 10.3 Å². The summed E-state index contributed by atoms with van der Waals surface area (Å²) < 4.78 is 37.9. The molecule has 0 unspecified atom stereocenters. The molecule has 0 saturated heterocycles. The van der Waals surface area contributed by atoms with E-state index < -0.39 is 11.7 Å². The molecule has 1 fully saturated rings. The van der Waals surface area contributed by atoms with Gasteiger partial charge in [0.05, 0.1) is 11.7 Å². The molecule has 19 heavy (non-hydrogen) atoms. The van der Waals surface area contributed by atoms with E-state index in [1.54, 1.807) is 0 Å². The Bertz CT molecular complexity index is 442. The average molecular weight is 275 g/mol. The molecule has 0 bridgehead atoms. The van der Waals surface area contributed by atoms with Crippen LogP contribution in [0, 0.1) is 0 Å². The lowest BCUT2D eigenvalue weighted by Gasteiger charge is -2.26. The van der Waals surface area contributed by atoms with Crippen molar-refractivity contribution in [2.75, 3.05) is 11.1 Å². The first-order chi connectivity index (χ1) is 8.84. The van der Waals surface area contributed by atoms with Gasteiger partial charge in [0.25, 0.3) is 0 Å². The molecule has 4 nitrogen and oxygen atoms in total. The van der Waals surface area contributed by atoms with Crippen LogP contribution in [0.1, 0.15) is 31.2 Å². The lowest BCUT2D eigenvalue weighted by atomic mass is 9.93. The third-order valence-corrected chi connectivity index (χ3v) is 3.22. The molecule has 1 aliphatic carbocycles. The summed E-state index contributed by atoms with van der Waals surface area (Å²) in [6.45, 7) is 0. The Morgan fingerprint density at radius 1 is 1.21 bits per heavy atom. The van der Waals surface area contributed by atoms with Crippen LogP contribution in [-0.2, 0) is 6.18 Å². The summed E-state index contributed by atoms with van der Waals surface area (Å²) >= 11 is 0. The molecular formula is C12H16F3N3O. The fourth-order valence-corrected chi connectivity index (χ4v) is 2.22. The lowest BCUT2D eigenvalue weighted by Crippen LogP contribution is -2.28. The van der Waals surface area contributed by atoms with Crippen LogP contribution in [0.3, 0.4) is 0 Å². The topological polar surface area (TPSA) is 71.2 Å². The molecule has 1 aromatic rings. The van der Waals surface area contributed by atoms with Gasteiger partial charge in [-0.3, -0.25) is 0 Å². The zero-order chi connectivity index (χ0) is 14.0. The number of nitrogens with zero attached hydrogens (tertiary/aromatic N) is 1. The molecule has 106 valence electrons. The average Bonchev–Trinajstić information content (AvgIpc) is 2.30. The lowest BCUT2D eigenvalue weighted by molar-refractivity contribution is -0.137. The van der Waals surface area contributed by atoms with Gasteiger partial charge in [0, 0.05) is 6.04 Å². The zero-order valence-electron chi connectivity index (χ0n) is 10.2. The molecular weight excluding hydrogens is 259 g/mol. The van der Waals surface area contributed by atoms with Crippen molar-refractivity contribution in [2.45, 2.75) is 44.0 Å². The van der Waals surface area contributed by atoms with Gasteiger partial charge in [-0.25, -0.2) is 4.98 Å². The van der Waals surface area contributed by atoms with Crippen molar-refractivity contribution in [3.05, 3.63) is 17.7 Å². The van der Waals surface area contributed by atoms with Gasteiger partial charge in [-0.05, 0) is 37.8 Å². The molecule has 0 atom stereocenters. The monoisotopic (exact) mass is 275 g/mol. The number of halogens is 3. The van der Waals surface area contributed by atoms with Crippen molar-refractivity contribution in [2.24, 2.45) is 0 Å². The first-order valence-electron chi connectivity index (χ1n) is 6.14. The second kappa shape index (κ2) is 5.24. The molecule has 7 heteroatoms. The molecule has 1 heterocycles. The highest BCUT2D eigenvalue weighted by molar-refractivity contribution is 5.48. The van der Waals surface area contributed by atoms with Gasteiger partial charge in [0.2, 0.25) is 0 Å². The number of nitrogen functional groups attached to an aromatic ring is 1. The second-order valence-electron chi connectivity index (χ2n) is 4.81. The number of aromatic nitrogens is 1. The van der Waals surface area contributed by atoms with Gasteiger partial charge in [0.1, 0.15) is 11.6 Å². The Balaban J connectivity index is 2.10. The fourth-order valence-electron chi connectivity index (χ4n) is 2.22. The van der Waals surface area contributed by atoms with E-state index in [1.807, 2.05) is 0 Å². The Kier molecular flexibility index (Phi) is 3.84. The first-order valence-corrected chi connectivity index (χ1v) is 6.14. The van der Waals surface area contributed by atoms with Crippen LogP contribution in [0.2, 0.25) is 0 Å². The third-order valence-electron chi connectivity index (χ3n) is 3.22. The summed E-state index contributed by atoms with van der Waals surface area (Å²) in [6, 6.07) is 1.80. The van der Waals surface area contributed by atoms with Crippen LogP contribution in [0.4, 0.5) is 24.8 Å². The van der Waals surface area contributed by atoms with E-state index in [-0.39, 0.29) is 23.8 Å². The normalized spacial score (nSPS) is 24.2. The molecule has 0 radical (unpaired) electrons. The molecule has 0 amide bonds. The predicted octanol–water partition coefficient (Wildman–Crippen LogP) is 2.40. The van der Waals surface area contributed by atoms with Gasteiger partial charge < -0.3 is 16.2 Å². The van der Waals surface area contributed by atoms with Crippen LogP contribution < -0.4 is 11.1 Å². The largest absolute Gasteiger partial charge is 0.416 e. The highest BCUT2D eigenvalue weighted by Crippen LogP contribution is 2.32. The number of hydrogen-bond acceptors (Lipinski definition) is 4. The Hall–Kier alpha value is -1.50. The summed E-state index contributed by atoms with van der Waals surface area (Å²) in [5, 5.41) is 12.3. The Morgan fingerprint density at radius 3 is 2.42 bits per heavy atom. The highest BCUT2D eigenvalue weighted by atomic mass is 19.4. The minimum absolute atomic E-state index is 0.0267. The van der Waals surface area contributed by atoms with Crippen molar-refractivity contribution in [3.8, 4) is 0 Å². The molecule has 2 rings (SSSR count). The maximum absolute atomic E-state index is 12.6. The smallest absolute Gasteiger partial charge is 0.393 e. The number of pyridine rings is 1. The number of rotatable bonds is 2. The fraction of sp³-hybridized carbons (Fsp3) is 0.583. The molecule has 1 aliphatic rings. The molecule has 4 N–H and O–H groups in total. The number of anilines is 2. The highest BCUT2D eigenvalue weighted by Gasteiger charge is 2.31. The van der Waals surface area contributed by atoms with Crippen molar-refractivity contribution in [1.29, 1.82) is 0 Å². The van der Waals surface area contributed by atoms with Crippen molar-refractivity contribution in [1.82, 2.24) is 4.98 Å². The maximum Gasteiger partial charge on any atom is 0.416 e. The van der Waals surface area contributed by atoms with Crippen LogP contribution in [0.15, 0.2) is 12.1 Å². The van der Waals surface area contributed by atoms with Crippen molar-refractivity contribution in [3.63, 3.8) is 0 Å². The summed E-state index contributed by atoms with van der Waals surface area (Å²) in [5.41, 5.74) is 4.59. The van der Waals surface area contributed by atoms with Crippen molar-refractivity contribution < 1.29 is 18.3 Å². The van der Waals surface area contributed by atoms with E-state index >= 15 is 0 Å². The molecule has 1 aromatic heterocycles. The zero-order valence-corrected chi connectivity index (χ0v) is 10.2. The quantitative estimate of drug-likeness (QED) is 0.775. The summed E-state index contributed by atoms with van der Waals surface area (Å²) in [4.78, 5) is 3.86. The number of hydrogen-bond donors (Lipinski definition) is 3. The standard InChI is InChI=1S/C12H16F3N3O/c13-12(14,15)7-5-10(16)18-11(6-7)17-8-1-3-9(19)4-2-8/h5-6,8-9,19H,1-4H2,(H3,16,17,18). The van der Waals surface area contributed by atoms with Gasteiger partial charge >= 0.3 is 6.18 Å². The van der Waals surface area contributed by atoms with Gasteiger partial charge in [-0.15, -0.1) is 0 Å². The summed E-state index contributed by atoms with van der Waals surface area (Å²) in [7, 11) is 0. The number of nitrogens with one attached hydrogen (secondary N) is 1. The van der Waals surface area contributed by atoms with Crippen LogP contribution >= 0.6 is 0 Å². The van der Waals surface area contributed by atoms with E-state index in [9.17, 15) is 18.3 Å². The van der Waals surface area contributed by atoms with E-state index in [0.29, 0.717) is 25.7 Å². The number of alkyl halides is 3. The second-order valence-corrected chi connectivity index (χ2v) is 4.81. The van der Waals surface area contributed by atoms with E-state index in [0.717, 1.165) is 12.1 Å². The summed E-state index contributed by atoms with van der Waals surface area (Å²) in [5.74, 6) is -0.0260. The first kappa shape index (κ1) is 13.9. The minimum atomic E-state index is -4.43.